The molecule has 1 aromatic carbocycles. The first kappa shape index (κ1) is 14.8. The summed E-state index contributed by atoms with van der Waals surface area (Å²) < 4.78 is 12.5. The second kappa shape index (κ2) is 6.74. The third-order valence-electron chi connectivity index (χ3n) is 2.72. The number of aromatic nitrogens is 3. The van der Waals surface area contributed by atoms with E-state index in [4.69, 9.17) is 14.6 Å². The number of nitrogens with zero attached hydrogens (tertiary/aromatic N) is 3. The van der Waals surface area contributed by atoms with E-state index in [1.54, 1.807) is 18.2 Å². The van der Waals surface area contributed by atoms with Crippen molar-refractivity contribution in [3.8, 4) is 17.2 Å². The van der Waals surface area contributed by atoms with E-state index in [1.807, 2.05) is 13.8 Å². The number of carboxylic acids is 1. The average molecular weight is 291 g/mol. The monoisotopic (exact) mass is 291 g/mol. The standard InChI is InChI=1S/C14H17N3O4/c1-3-20-12-6-5-10(7-13(12)21-4-2)17-11(8-14(18)19)9-15-16-17/h5-7,9H,3-4,8H2,1-2H3,(H,18,19). The Kier molecular flexibility index (Phi) is 4.76. The molecule has 0 saturated heterocycles. The third kappa shape index (κ3) is 3.50. The molecule has 1 aromatic heterocycles. The van der Waals surface area contributed by atoms with Crippen LogP contribution in [0.4, 0.5) is 0 Å². The van der Waals surface area contributed by atoms with Crippen LogP contribution < -0.4 is 9.47 Å². The van der Waals surface area contributed by atoms with Gasteiger partial charge in [-0.1, -0.05) is 5.21 Å². The Balaban J connectivity index is 2.38. The van der Waals surface area contributed by atoms with E-state index in [0.29, 0.717) is 36.1 Å². The van der Waals surface area contributed by atoms with Crippen molar-refractivity contribution in [1.29, 1.82) is 0 Å². The summed E-state index contributed by atoms with van der Waals surface area (Å²) in [7, 11) is 0. The van der Waals surface area contributed by atoms with E-state index >= 15 is 0 Å². The lowest BCUT2D eigenvalue weighted by Crippen LogP contribution is -2.08. The molecule has 0 saturated carbocycles. The number of hydrogen-bond acceptors (Lipinski definition) is 5. The van der Waals surface area contributed by atoms with Crippen LogP contribution in [0.5, 0.6) is 11.5 Å². The first-order valence-corrected chi connectivity index (χ1v) is 6.67. The molecule has 0 fully saturated rings. The van der Waals surface area contributed by atoms with Gasteiger partial charge in [-0.25, -0.2) is 4.68 Å². The SMILES string of the molecule is CCOc1ccc(-n2nncc2CC(=O)O)cc1OCC. The van der Waals surface area contributed by atoms with Gasteiger partial charge in [-0.15, -0.1) is 5.10 Å². The molecule has 2 rings (SSSR count). The first-order valence-electron chi connectivity index (χ1n) is 6.67. The van der Waals surface area contributed by atoms with Gasteiger partial charge in [0.05, 0.1) is 37.2 Å². The summed E-state index contributed by atoms with van der Waals surface area (Å²) in [6.07, 6.45) is 1.29. The van der Waals surface area contributed by atoms with Crippen LogP contribution in [-0.4, -0.2) is 39.3 Å². The van der Waals surface area contributed by atoms with Crippen molar-refractivity contribution in [2.45, 2.75) is 20.3 Å². The zero-order chi connectivity index (χ0) is 15.2. The van der Waals surface area contributed by atoms with Gasteiger partial charge in [-0.3, -0.25) is 4.79 Å². The van der Waals surface area contributed by atoms with Gasteiger partial charge in [0, 0.05) is 6.07 Å². The van der Waals surface area contributed by atoms with Crippen LogP contribution in [0.1, 0.15) is 19.5 Å². The van der Waals surface area contributed by atoms with Gasteiger partial charge in [-0.2, -0.15) is 0 Å². The number of ether oxygens (including phenoxy) is 2. The highest BCUT2D eigenvalue weighted by Crippen LogP contribution is 2.30. The fourth-order valence-electron chi connectivity index (χ4n) is 1.92. The second-order valence-electron chi connectivity index (χ2n) is 4.20. The largest absolute Gasteiger partial charge is 0.490 e. The molecule has 21 heavy (non-hydrogen) atoms. The molecule has 0 aliphatic carbocycles. The molecule has 0 amide bonds. The van der Waals surface area contributed by atoms with Crippen LogP contribution in [0.3, 0.4) is 0 Å². The summed E-state index contributed by atoms with van der Waals surface area (Å²) in [6.45, 7) is 4.82. The number of aliphatic carboxylic acids is 1. The van der Waals surface area contributed by atoms with Crippen molar-refractivity contribution in [3.63, 3.8) is 0 Å². The summed E-state index contributed by atoms with van der Waals surface area (Å²) >= 11 is 0. The molecule has 7 nitrogen and oxygen atoms in total. The fraction of sp³-hybridized carbons (Fsp3) is 0.357. The van der Waals surface area contributed by atoms with Gasteiger partial charge in [-0.05, 0) is 26.0 Å². The highest BCUT2D eigenvalue weighted by molar-refractivity contribution is 5.69. The number of benzene rings is 1. The minimum absolute atomic E-state index is 0.149. The van der Waals surface area contributed by atoms with Gasteiger partial charge >= 0.3 is 5.97 Å². The first-order chi connectivity index (χ1) is 10.2. The van der Waals surface area contributed by atoms with Crippen LogP contribution in [-0.2, 0) is 11.2 Å². The van der Waals surface area contributed by atoms with Gasteiger partial charge < -0.3 is 14.6 Å². The maximum atomic E-state index is 10.8. The molecule has 1 N–H and O–H groups in total. The molecule has 0 aliphatic heterocycles. The maximum absolute atomic E-state index is 10.8. The predicted molar refractivity (Wildman–Crippen MR) is 75.0 cm³/mol. The summed E-state index contributed by atoms with van der Waals surface area (Å²) in [6, 6.07) is 5.32. The molecule has 7 heteroatoms. The van der Waals surface area contributed by atoms with E-state index in [9.17, 15) is 4.79 Å². The summed E-state index contributed by atoms with van der Waals surface area (Å²) in [5, 5.41) is 16.6. The van der Waals surface area contributed by atoms with E-state index in [2.05, 4.69) is 10.3 Å². The third-order valence-corrected chi connectivity index (χ3v) is 2.72. The van der Waals surface area contributed by atoms with Gasteiger partial charge in [0.15, 0.2) is 11.5 Å². The summed E-state index contributed by atoms with van der Waals surface area (Å²) in [5.41, 5.74) is 1.17. The molecule has 0 unspecified atom stereocenters. The van der Waals surface area contributed by atoms with Crippen LogP contribution >= 0.6 is 0 Å². The van der Waals surface area contributed by atoms with Crippen molar-refractivity contribution >= 4 is 5.97 Å². The molecule has 1 heterocycles. The Bertz CT molecular complexity index is 624. The van der Waals surface area contributed by atoms with Gasteiger partial charge in [0.1, 0.15) is 0 Å². The number of hydrogen-bond donors (Lipinski definition) is 1. The summed E-state index contributed by atoms with van der Waals surface area (Å²) in [5.74, 6) is 0.297. The van der Waals surface area contributed by atoms with Crippen molar-refractivity contribution in [2.75, 3.05) is 13.2 Å². The molecular weight excluding hydrogens is 274 g/mol. The summed E-state index contributed by atoms with van der Waals surface area (Å²) in [4.78, 5) is 10.8. The zero-order valence-corrected chi connectivity index (χ0v) is 11.9. The van der Waals surface area contributed by atoms with E-state index in [0.717, 1.165) is 0 Å². The predicted octanol–water partition coefficient (Wildman–Crippen LogP) is 1.69. The molecule has 0 radical (unpaired) electrons. The quantitative estimate of drug-likeness (QED) is 0.835. The lowest BCUT2D eigenvalue weighted by molar-refractivity contribution is -0.136. The molecular formula is C14H17N3O4. The lowest BCUT2D eigenvalue weighted by Gasteiger charge is -2.13. The molecule has 2 aromatic rings. The Hall–Kier alpha value is -2.57. The van der Waals surface area contributed by atoms with Crippen LogP contribution in [0.15, 0.2) is 24.4 Å². The Morgan fingerprint density at radius 3 is 2.62 bits per heavy atom. The molecule has 0 spiro atoms. The van der Waals surface area contributed by atoms with Crippen molar-refractivity contribution in [2.24, 2.45) is 0 Å². The molecule has 0 atom stereocenters. The molecule has 0 bridgehead atoms. The molecule has 0 aliphatic rings. The maximum Gasteiger partial charge on any atom is 0.309 e. The minimum Gasteiger partial charge on any atom is -0.490 e. The number of carbonyl (C=O) groups is 1. The zero-order valence-electron chi connectivity index (χ0n) is 11.9. The average Bonchev–Trinajstić information content (AvgIpc) is 2.88. The second-order valence-corrected chi connectivity index (χ2v) is 4.20. The van der Waals surface area contributed by atoms with Crippen molar-refractivity contribution < 1.29 is 19.4 Å². The lowest BCUT2D eigenvalue weighted by atomic mass is 10.2. The Labute approximate surface area is 122 Å². The number of rotatable bonds is 7. The van der Waals surface area contributed by atoms with E-state index in [1.165, 1.54) is 10.9 Å². The highest BCUT2D eigenvalue weighted by Gasteiger charge is 2.13. The van der Waals surface area contributed by atoms with Crippen LogP contribution in [0, 0.1) is 0 Å². The smallest absolute Gasteiger partial charge is 0.309 e. The topological polar surface area (TPSA) is 86.5 Å². The number of carboxylic acid groups (broad SMARTS) is 1. The Morgan fingerprint density at radius 2 is 1.95 bits per heavy atom. The fourth-order valence-corrected chi connectivity index (χ4v) is 1.92. The van der Waals surface area contributed by atoms with Crippen molar-refractivity contribution in [1.82, 2.24) is 15.0 Å². The van der Waals surface area contributed by atoms with E-state index in [-0.39, 0.29) is 6.42 Å². The van der Waals surface area contributed by atoms with Crippen molar-refractivity contribution in [3.05, 3.63) is 30.1 Å². The van der Waals surface area contributed by atoms with Gasteiger partial charge in [0.25, 0.3) is 0 Å². The highest BCUT2D eigenvalue weighted by atomic mass is 16.5. The van der Waals surface area contributed by atoms with E-state index < -0.39 is 5.97 Å². The Morgan fingerprint density at radius 1 is 1.24 bits per heavy atom. The minimum atomic E-state index is -0.936. The van der Waals surface area contributed by atoms with Crippen LogP contribution in [0.25, 0.3) is 5.69 Å². The normalized spacial score (nSPS) is 10.4. The van der Waals surface area contributed by atoms with Crippen LogP contribution in [0.2, 0.25) is 0 Å². The van der Waals surface area contributed by atoms with Gasteiger partial charge in [0.2, 0.25) is 0 Å². The molecule has 112 valence electrons.